The van der Waals surface area contributed by atoms with Crippen LogP contribution in [0, 0.1) is 5.82 Å². The first kappa shape index (κ1) is 14.8. The number of nitrogens with one attached hydrogen (secondary N) is 1. The second kappa shape index (κ2) is 6.74. The minimum atomic E-state index is -0.295. The summed E-state index contributed by atoms with van der Waals surface area (Å²) < 4.78 is 13.6. The molecular weight excluding hydrogens is 269 g/mol. The fourth-order valence-corrected chi connectivity index (χ4v) is 1.99. The van der Waals surface area contributed by atoms with Gasteiger partial charge in [0.15, 0.2) is 0 Å². The Morgan fingerprint density at radius 2 is 2.00 bits per heavy atom. The van der Waals surface area contributed by atoms with Crippen molar-refractivity contribution in [1.82, 2.24) is 0 Å². The van der Waals surface area contributed by atoms with Crippen LogP contribution in [0.2, 0.25) is 0 Å². The zero-order valence-corrected chi connectivity index (χ0v) is 11.8. The summed E-state index contributed by atoms with van der Waals surface area (Å²) >= 11 is 0. The molecule has 4 nitrogen and oxygen atoms in total. The molecule has 0 saturated carbocycles. The van der Waals surface area contributed by atoms with Crippen molar-refractivity contribution in [3.05, 3.63) is 54.3 Å². The van der Waals surface area contributed by atoms with E-state index in [1.165, 1.54) is 6.07 Å². The van der Waals surface area contributed by atoms with E-state index in [9.17, 15) is 9.18 Å². The average Bonchev–Trinajstić information content (AvgIpc) is 2.45. The van der Waals surface area contributed by atoms with Crippen LogP contribution in [0.25, 0.3) is 0 Å². The predicted molar refractivity (Wildman–Crippen MR) is 83.8 cm³/mol. The molecule has 0 fully saturated rings. The Hall–Kier alpha value is -2.56. The van der Waals surface area contributed by atoms with E-state index in [2.05, 4.69) is 5.32 Å². The molecule has 0 spiro atoms. The monoisotopic (exact) mass is 287 g/mol. The Kier molecular flexibility index (Phi) is 4.77. The van der Waals surface area contributed by atoms with Gasteiger partial charge < -0.3 is 16.0 Å². The highest BCUT2D eigenvalue weighted by Crippen LogP contribution is 2.17. The summed E-state index contributed by atoms with van der Waals surface area (Å²) in [5.74, 6) is -0.431. The molecule has 0 saturated heterocycles. The largest absolute Gasteiger partial charge is 0.399 e. The summed E-state index contributed by atoms with van der Waals surface area (Å²) in [6.45, 7) is 0.426. The summed E-state index contributed by atoms with van der Waals surface area (Å²) in [7, 11) is 1.76. The van der Waals surface area contributed by atoms with Gasteiger partial charge >= 0.3 is 0 Å². The number of anilines is 3. The van der Waals surface area contributed by atoms with Gasteiger partial charge in [-0.15, -0.1) is 0 Å². The highest BCUT2D eigenvalue weighted by atomic mass is 19.1. The number of benzene rings is 2. The molecule has 0 aliphatic heterocycles. The topological polar surface area (TPSA) is 58.4 Å². The van der Waals surface area contributed by atoms with Crippen LogP contribution in [-0.2, 0) is 4.79 Å². The summed E-state index contributed by atoms with van der Waals surface area (Å²) in [6.07, 6.45) is 0.264. The first-order valence-corrected chi connectivity index (χ1v) is 6.67. The Morgan fingerprint density at radius 3 is 2.71 bits per heavy atom. The molecule has 2 aromatic carbocycles. The summed E-state index contributed by atoms with van der Waals surface area (Å²) in [4.78, 5) is 13.6. The zero-order chi connectivity index (χ0) is 15.2. The van der Waals surface area contributed by atoms with Crippen LogP contribution >= 0.6 is 0 Å². The highest BCUT2D eigenvalue weighted by Gasteiger charge is 2.09. The van der Waals surface area contributed by atoms with Crippen molar-refractivity contribution in [2.24, 2.45) is 0 Å². The molecule has 0 aromatic heterocycles. The molecule has 5 heteroatoms. The van der Waals surface area contributed by atoms with Crippen LogP contribution in [0.5, 0.6) is 0 Å². The Labute approximate surface area is 123 Å². The number of amides is 1. The Bertz CT molecular complexity index is 630. The maximum absolute atomic E-state index is 13.6. The number of hydrogen-bond donors (Lipinski definition) is 2. The predicted octanol–water partition coefficient (Wildman–Crippen LogP) is 2.87. The third-order valence-corrected chi connectivity index (χ3v) is 3.11. The lowest BCUT2D eigenvalue weighted by Gasteiger charge is -2.19. The summed E-state index contributed by atoms with van der Waals surface area (Å²) in [6, 6.07) is 13.5. The van der Waals surface area contributed by atoms with Crippen molar-refractivity contribution in [1.29, 1.82) is 0 Å². The van der Waals surface area contributed by atoms with E-state index in [1.807, 2.05) is 0 Å². The molecule has 0 heterocycles. The van der Waals surface area contributed by atoms with Gasteiger partial charge in [0.05, 0.1) is 5.69 Å². The molecule has 21 heavy (non-hydrogen) atoms. The van der Waals surface area contributed by atoms with Gasteiger partial charge in [0.25, 0.3) is 0 Å². The van der Waals surface area contributed by atoms with Crippen molar-refractivity contribution in [3.8, 4) is 0 Å². The van der Waals surface area contributed by atoms with Crippen molar-refractivity contribution >= 4 is 23.0 Å². The third-order valence-electron chi connectivity index (χ3n) is 3.11. The SMILES string of the molecule is CN(CCC(=O)Nc1cccc(N)c1)c1ccccc1F. The molecule has 0 unspecified atom stereocenters. The fourth-order valence-electron chi connectivity index (χ4n) is 1.99. The van der Waals surface area contributed by atoms with Gasteiger partial charge in [0, 0.05) is 31.4 Å². The van der Waals surface area contributed by atoms with Gasteiger partial charge in [0.2, 0.25) is 5.91 Å². The molecule has 0 aliphatic rings. The molecule has 2 aromatic rings. The number of para-hydroxylation sites is 1. The minimum Gasteiger partial charge on any atom is -0.399 e. The molecule has 0 bridgehead atoms. The Balaban J connectivity index is 1.88. The lowest BCUT2D eigenvalue weighted by atomic mass is 10.2. The molecule has 0 aliphatic carbocycles. The van der Waals surface area contributed by atoms with Crippen LogP contribution in [-0.4, -0.2) is 19.5 Å². The van der Waals surface area contributed by atoms with Crippen LogP contribution in [0.1, 0.15) is 6.42 Å². The van der Waals surface area contributed by atoms with Gasteiger partial charge in [0.1, 0.15) is 5.82 Å². The van der Waals surface area contributed by atoms with E-state index in [1.54, 1.807) is 54.4 Å². The van der Waals surface area contributed by atoms with E-state index in [4.69, 9.17) is 5.73 Å². The van der Waals surface area contributed by atoms with E-state index < -0.39 is 0 Å². The van der Waals surface area contributed by atoms with Gasteiger partial charge in [-0.05, 0) is 30.3 Å². The van der Waals surface area contributed by atoms with E-state index in [0.29, 0.717) is 23.6 Å². The summed E-state index contributed by atoms with van der Waals surface area (Å²) in [5, 5.41) is 2.76. The normalized spacial score (nSPS) is 10.2. The molecule has 1 amide bonds. The van der Waals surface area contributed by atoms with Gasteiger partial charge in [-0.25, -0.2) is 4.39 Å². The van der Waals surface area contributed by atoms with E-state index >= 15 is 0 Å². The van der Waals surface area contributed by atoms with Crippen molar-refractivity contribution in [2.45, 2.75) is 6.42 Å². The first-order chi connectivity index (χ1) is 10.1. The minimum absolute atomic E-state index is 0.135. The lowest BCUT2D eigenvalue weighted by Crippen LogP contribution is -2.24. The van der Waals surface area contributed by atoms with Crippen LogP contribution in [0.15, 0.2) is 48.5 Å². The lowest BCUT2D eigenvalue weighted by molar-refractivity contribution is -0.116. The van der Waals surface area contributed by atoms with Crippen molar-refractivity contribution in [2.75, 3.05) is 29.5 Å². The Morgan fingerprint density at radius 1 is 1.24 bits per heavy atom. The molecule has 3 N–H and O–H groups in total. The highest BCUT2D eigenvalue weighted by molar-refractivity contribution is 5.91. The number of hydrogen-bond acceptors (Lipinski definition) is 3. The van der Waals surface area contributed by atoms with Gasteiger partial charge in [-0.1, -0.05) is 18.2 Å². The quantitative estimate of drug-likeness (QED) is 0.831. The van der Waals surface area contributed by atoms with Gasteiger partial charge in [-0.3, -0.25) is 4.79 Å². The van der Waals surface area contributed by atoms with Crippen molar-refractivity contribution in [3.63, 3.8) is 0 Å². The fraction of sp³-hybridized carbons (Fsp3) is 0.188. The number of carbonyl (C=O) groups excluding carboxylic acids is 1. The number of nitrogen functional groups attached to an aromatic ring is 1. The summed E-state index contributed by atoms with van der Waals surface area (Å²) in [5.41, 5.74) is 7.38. The second-order valence-corrected chi connectivity index (χ2v) is 4.80. The first-order valence-electron chi connectivity index (χ1n) is 6.67. The molecule has 0 radical (unpaired) electrons. The maximum atomic E-state index is 13.6. The number of nitrogens with zero attached hydrogens (tertiary/aromatic N) is 1. The number of carbonyl (C=O) groups is 1. The van der Waals surface area contributed by atoms with Crippen LogP contribution in [0.3, 0.4) is 0 Å². The molecular formula is C16H18FN3O. The third kappa shape index (κ3) is 4.21. The molecule has 110 valence electrons. The molecule has 2 rings (SSSR count). The zero-order valence-electron chi connectivity index (χ0n) is 11.8. The van der Waals surface area contributed by atoms with Gasteiger partial charge in [-0.2, -0.15) is 0 Å². The van der Waals surface area contributed by atoms with E-state index in [-0.39, 0.29) is 18.1 Å². The van der Waals surface area contributed by atoms with E-state index in [0.717, 1.165) is 0 Å². The number of halogens is 1. The molecule has 0 atom stereocenters. The average molecular weight is 287 g/mol. The smallest absolute Gasteiger partial charge is 0.226 e. The standard InChI is InChI=1S/C16H18FN3O/c1-20(15-8-3-2-7-14(15)17)10-9-16(21)19-13-6-4-5-12(18)11-13/h2-8,11H,9-10,18H2,1H3,(H,19,21). The van der Waals surface area contributed by atoms with Crippen molar-refractivity contribution < 1.29 is 9.18 Å². The number of nitrogens with two attached hydrogens (primary N) is 1. The second-order valence-electron chi connectivity index (χ2n) is 4.80. The van der Waals surface area contributed by atoms with Crippen LogP contribution in [0.4, 0.5) is 21.5 Å². The number of rotatable bonds is 5. The maximum Gasteiger partial charge on any atom is 0.226 e. The van der Waals surface area contributed by atoms with Crippen LogP contribution < -0.4 is 16.0 Å².